The Balaban J connectivity index is 1.60. The Bertz CT molecular complexity index is 1110. The molecule has 5 nitrogen and oxygen atoms in total. The van der Waals surface area contributed by atoms with Crippen LogP contribution in [-0.2, 0) is 13.1 Å². The highest BCUT2D eigenvalue weighted by atomic mass is 32.1. The van der Waals surface area contributed by atoms with Crippen LogP contribution in [0.4, 0.5) is 0 Å². The number of benzene rings is 2. The van der Waals surface area contributed by atoms with Gasteiger partial charge in [0.15, 0.2) is 5.11 Å². The summed E-state index contributed by atoms with van der Waals surface area (Å²) in [5.41, 5.74) is 2.57. The zero-order valence-electron chi connectivity index (χ0n) is 18.6. The van der Waals surface area contributed by atoms with Crippen LogP contribution in [-0.4, -0.2) is 27.6 Å². The maximum atomic E-state index is 12.9. The normalized spacial score (nSPS) is 14.3. The topological polar surface area (TPSA) is 57.4 Å². The number of pyridine rings is 1. The van der Waals surface area contributed by atoms with Crippen molar-refractivity contribution in [2.75, 3.05) is 6.61 Å². The second kappa shape index (κ2) is 10.6. The number of rotatable bonds is 7. The predicted molar refractivity (Wildman–Crippen MR) is 134 cm³/mol. The third-order valence-corrected chi connectivity index (χ3v) is 6.38. The van der Waals surface area contributed by atoms with Crippen molar-refractivity contribution in [1.29, 1.82) is 0 Å². The van der Waals surface area contributed by atoms with Crippen molar-refractivity contribution in [3.05, 3.63) is 76.1 Å². The number of thiocarbonyl (C=S) groups is 1. The molecule has 2 aromatic carbocycles. The van der Waals surface area contributed by atoms with E-state index in [0.29, 0.717) is 36.4 Å². The summed E-state index contributed by atoms with van der Waals surface area (Å²) in [6, 6.07) is 18.4. The Hall–Kier alpha value is -2.86. The van der Waals surface area contributed by atoms with Crippen LogP contribution in [0.2, 0.25) is 0 Å². The van der Waals surface area contributed by atoms with Crippen LogP contribution in [0.25, 0.3) is 10.9 Å². The number of aromatic amines is 1. The van der Waals surface area contributed by atoms with E-state index in [2.05, 4.69) is 27.3 Å². The molecule has 4 rings (SSSR count). The predicted octanol–water partition coefficient (Wildman–Crippen LogP) is 5.14. The van der Waals surface area contributed by atoms with Crippen LogP contribution >= 0.6 is 12.2 Å². The zero-order valence-corrected chi connectivity index (χ0v) is 19.4. The lowest BCUT2D eigenvalue weighted by Crippen LogP contribution is -2.45. The lowest BCUT2D eigenvalue weighted by atomic mass is 9.96. The number of ether oxygens (including phenoxy) is 1. The lowest BCUT2D eigenvalue weighted by Gasteiger charge is -2.31. The van der Waals surface area contributed by atoms with E-state index in [9.17, 15) is 4.79 Å². The van der Waals surface area contributed by atoms with Crippen molar-refractivity contribution in [2.24, 2.45) is 0 Å². The van der Waals surface area contributed by atoms with Gasteiger partial charge in [0, 0.05) is 29.1 Å². The second-order valence-corrected chi connectivity index (χ2v) is 8.82. The first kappa shape index (κ1) is 22.3. The lowest BCUT2D eigenvalue weighted by molar-refractivity contribution is 0.340. The molecule has 0 atom stereocenters. The Kier molecular flexibility index (Phi) is 7.43. The first-order valence-electron chi connectivity index (χ1n) is 11.5. The molecule has 1 aliphatic rings. The van der Waals surface area contributed by atoms with Gasteiger partial charge in [-0.05, 0) is 61.8 Å². The van der Waals surface area contributed by atoms with Crippen LogP contribution < -0.4 is 15.6 Å². The third-order valence-electron chi connectivity index (χ3n) is 6.00. The van der Waals surface area contributed by atoms with Crippen LogP contribution in [0, 0.1) is 0 Å². The van der Waals surface area contributed by atoms with Crippen LogP contribution in [0.1, 0.15) is 50.2 Å². The van der Waals surface area contributed by atoms with E-state index in [-0.39, 0.29) is 5.56 Å². The van der Waals surface area contributed by atoms with Crippen LogP contribution in [0.5, 0.6) is 5.75 Å². The fraction of sp³-hybridized carbons (Fsp3) is 0.385. The van der Waals surface area contributed by atoms with Gasteiger partial charge in [0.2, 0.25) is 0 Å². The van der Waals surface area contributed by atoms with Crippen molar-refractivity contribution < 1.29 is 4.74 Å². The van der Waals surface area contributed by atoms with Gasteiger partial charge in [0.1, 0.15) is 5.75 Å². The van der Waals surface area contributed by atoms with Crippen molar-refractivity contribution >= 4 is 28.2 Å². The highest BCUT2D eigenvalue weighted by Crippen LogP contribution is 2.21. The van der Waals surface area contributed by atoms with Gasteiger partial charge in [-0.15, -0.1) is 0 Å². The number of fused-ring (bicyclic) bond motifs is 1. The van der Waals surface area contributed by atoms with Crippen molar-refractivity contribution in [1.82, 2.24) is 15.2 Å². The molecule has 0 bridgehead atoms. The molecule has 1 aromatic heterocycles. The molecule has 6 heteroatoms. The molecule has 0 saturated heterocycles. The molecule has 0 unspecified atom stereocenters. The molecule has 0 spiro atoms. The van der Waals surface area contributed by atoms with E-state index in [4.69, 9.17) is 17.0 Å². The molecule has 1 saturated carbocycles. The number of hydrogen-bond donors (Lipinski definition) is 2. The quantitative estimate of drug-likeness (QED) is 0.490. The van der Waals surface area contributed by atoms with E-state index >= 15 is 0 Å². The van der Waals surface area contributed by atoms with Gasteiger partial charge in [-0.1, -0.05) is 49.6 Å². The Morgan fingerprint density at radius 3 is 2.62 bits per heavy atom. The third kappa shape index (κ3) is 5.68. The Morgan fingerprint density at radius 2 is 1.88 bits per heavy atom. The van der Waals surface area contributed by atoms with Gasteiger partial charge in [-0.3, -0.25) is 4.79 Å². The number of hydrogen-bond acceptors (Lipinski definition) is 3. The summed E-state index contributed by atoms with van der Waals surface area (Å²) in [6.45, 7) is 3.66. The van der Waals surface area contributed by atoms with Crippen molar-refractivity contribution in [3.63, 3.8) is 0 Å². The fourth-order valence-corrected chi connectivity index (χ4v) is 4.62. The summed E-state index contributed by atoms with van der Waals surface area (Å²) < 4.78 is 5.63. The summed E-state index contributed by atoms with van der Waals surface area (Å²) in [6.07, 6.45) is 6.08. The maximum absolute atomic E-state index is 12.9. The van der Waals surface area contributed by atoms with E-state index in [1.165, 1.54) is 19.3 Å². The first-order chi connectivity index (χ1) is 15.6. The Morgan fingerprint density at radius 1 is 1.09 bits per heavy atom. The molecule has 3 aromatic rings. The minimum Gasteiger partial charge on any atom is -0.494 e. The number of nitrogens with zero attached hydrogens (tertiary/aromatic N) is 1. The average molecular weight is 450 g/mol. The first-order valence-corrected chi connectivity index (χ1v) is 11.9. The number of nitrogens with one attached hydrogen (secondary N) is 2. The van der Waals surface area contributed by atoms with E-state index in [1.807, 2.05) is 49.4 Å². The molecule has 1 heterocycles. The monoisotopic (exact) mass is 449 g/mol. The minimum absolute atomic E-state index is 0.0832. The van der Waals surface area contributed by atoms with Gasteiger partial charge < -0.3 is 19.9 Å². The molecule has 0 amide bonds. The van der Waals surface area contributed by atoms with Gasteiger partial charge in [0.25, 0.3) is 5.56 Å². The molecule has 0 aliphatic heterocycles. The van der Waals surface area contributed by atoms with Crippen LogP contribution in [0.15, 0.2) is 59.4 Å². The Labute approximate surface area is 194 Å². The SMILES string of the molecule is CCOc1ccc2[nH]c(=O)c(CN(Cc3ccccc3)C(=S)NC3CCCCC3)cc2c1. The molecule has 1 fully saturated rings. The summed E-state index contributed by atoms with van der Waals surface area (Å²) >= 11 is 5.83. The highest BCUT2D eigenvalue weighted by Gasteiger charge is 2.19. The maximum Gasteiger partial charge on any atom is 0.253 e. The smallest absolute Gasteiger partial charge is 0.253 e. The summed E-state index contributed by atoms with van der Waals surface area (Å²) in [5.74, 6) is 0.800. The molecule has 2 N–H and O–H groups in total. The van der Waals surface area contributed by atoms with Gasteiger partial charge in [-0.2, -0.15) is 0 Å². The minimum atomic E-state index is -0.0832. The summed E-state index contributed by atoms with van der Waals surface area (Å²) in [7, 11) is 0. The molecular weight excluding hydrogens is 418 g/mol. The van der Waals surface area contributed by atoms with Gasteiger partial charge in [-0.25, -0.2) is 0 Å². The van der Waals surface area contributed by atoms with E-state index in [1.54, 1.807) is 0 Å². The number of H-pyrrole nitrogens is 1. The van der Waals surface area contributed by atoms with Crippen LogP contribution in [0.3, 0.4) is 0 Å². The zero-order chi connectivity index (χ0) is 22.3. The summed E-state index contributed by atoms with van der Waals surface area (Å²) in [4.78, 5) is 18.0. The van der Waals surface area contributed by atoms with E-state index in [0.717, 1.165) is 35.1 Å². The summed E-state index contributed by atoms with van der Waals surface area (Å²) in [5, 5.41) is 5.23. The molecule has 168 valence electrons. The molecule has 1 aliphatic carbocycles. The van der Waals surface area contributed by atoms with Gasteiger partial charge >= 0.3 is 0 Å². The van der Waals surface area contributed by atoms with Crippen molar-refractivity contribution in [2.45, 2.75) is 58.2 Å². The van der Waals surface area contributed by atoms with Gasteiger partial charge in [0.05, 0.1) is 13.2 Å². The van der Waals surface area contributed by atoms with Crippen molar-refractivity contribution in [3.8, 4) is 5.75 Å². The average Bonchev–Trinajstić information content (AvgIpc) is 2.81. The fourth-order valence-electron chi connectivity index (χ4n) is 4.33. The van der Waals surface area contributed by atoms with E-state index < -0.39 is 0 Å². The number of aromatic nitrogens is 1. The second-order valence-electron chi connectivity index (χ2n) is 8.43. The molecule has 0 radical (unpaired) electrons. The standard InChI is InChI=1S/C26H31N3O2S/c1-2-31-23-13-14-24-20(16-23)15-21(25(30)28-24)18-29(17-19-9-5-3-6-10-19)26(32)27-22-11-7-4-8-12-22/h3,5-6,9-10,13-16,22H,2,4,7-8,11-12,17-18H2,1H3,(H,27,32)(H,28,30). The molecular formula is C26H31N3O2S. The molecule has 32 heavy (non-hydrogen) atoms. The largest absolute Gasteiger partial charge is 0.494 e. The highest BCUT2D eigenvalue weighted by molar-refractivity contribution is 7.80.